The fourth-order valence-corrected chi connectivity index (χ4v) is 10.7. The number of halogens is 2. The van der Waals surface area contributed by atoms with Crippen molar-refractivity contribution in [3.05, 3.63) is 95.2 Å². The van der Waals surface area contributed by atoms with Gasteiger partial charge in [0, 0.05) is 83.2 Å². The van der Waals surface area contributed by atoms with E-state index in [1.807, 2.05) is 41.3 Å². The second-order valence-electron chi connectivity index (χ2n) is 17.7. The van der Waals surface area contributed by atoms with Crippen molar-refractivity contribution in [2.75, 3.05) is 87.9 Å². The molecule has 0 spiro atoms. The maximum atomic E-state index is 16.0. The lowest BCUT2D eigenvalue weighted by molar-refractivity contribution is -0.127. The molecule has 1 N–H and O–H groups in total. The molecule has 18 nitrogen and oxygen atoms in total. The summed E-state index contributed by atoms with van der Waals surface area (Å²) in [6.45, 7) is 4.02. The van der Waals surface area contributed by atoms with E-state index in [1.165, 1.54) is 24.3 Å². The van der Waals surface area contributed by atoms with Gasteiger partial charge in [-0.3, -0.25) is 44.0 Å². The Morgan fingerprint density at radius 3 is 2.33 bits per heavy atom. The third-order valence-electron chi connectivity index (χ3n) is 13.1. The summed E-state index contributed by atoms with van der Waals surface area (Å²) in [7, 11) is -0.477. The van der Waals surface area contributed by atoms with Gasteiger partial charge in [0.05, 0.1) is 54.7 Å². The molecule has 3 aromatic carbocycles. The predicted octanol–water partition coefficient (Wildman–Crippen LogP) is 5.07. The van der Waals surface area contributed by atoms with Gasteiger partial charge in [0.2, 0.25) is 5.91 Å². The van der Waals surface area contributed by atoms with E-state index in [1.54, 1.807) is 52.7 Å². The number of benzene rings is 3. The highest BCUT2D eigenvalue weighted by Gasteiger charge is 2.49. The molecule has 6 heterocycles. The number of urea groups is 1. The van der Waals surface area contributed by atoms with Crippen molar-refractivity contribution in [3.63, 3.8) is 0 Å². The topological polar surface area (TPSA) is 189 Å². The predicted molar refractivity (Wildman–Crippen MR) is 251 cm³/mol. The maximum Gasteiger partial charge on any atom is 0.329 e. The molecule has 3 fully saturated rings. The number of hydrogen-bond acceptors (Lipinski definition) is 14. The zero-order chi connectivity index (χ0) is 48.8. The number of ether oxygens (including phenoxy) is 3. The molecule has 69 heavy (non-hydrogen) atoms. The molecule has 0 unspecified atom stereocenters. The number of anilines is 2. The minimum atomic E-state index is -3.71. The van der Waals surface area contributed by atoms with Gasteiger partial charge in [0.25, 0.3) is 17.7 Å². The van der Waals surface area contributed by atoms with E-state index in [-0.39, 0.29) is 75.0 Å². The van der Waals surface area contributed by atoms with Crippen LogP contribution in [0.15, 0.2) is 72.9 Å². The minimum absolute atomic E-state index is 0.0542. The molecule has 0 radical (unpaired) electrons. The number of aromatic nitrogens is 3. The van der Waals surface area contributed by atoms with Gasteiger partial charge in [0.15, 0.2) is 17.3 Å². The normalized spacial score (nSPS) is 19.5. The molecule has 0 bridgehead atoms. The number of methoxy groups -OCH3 is 1. The smallest absolute Gasteiger partial charge is 0.329 e. The highest BCUT2D eigenvalue weighted by molar-refractivity contribution is 7.90. The van der Waals surface area contributed by atoms with E-state index >= 15 is 8.78 Å². The van der Waals surface area contributed by atoms with E-state index in [2.05, 4.69) is 15.4 Å². The third-order valence-corrected chi connectivity index (χ3v) is 14.1. The Kier molecular flexibility index (Phi) is 13.0. The van der Waals surface area contributed by atoms with Crippen LogP contribution >= 0.6 is 0 Å². The Morgan fingerprint density at radius 1 is 0.884 bits per heavy atom. The van der Waals surface area contributed by atoms with Gasteiger partial charge in [-0.2, -0.15) is 5.10 Å². The molecular formula is C48H53F2N9O9S. The van der Waals surface area contributed by atoms with Gasteiger partial charge in [-0.05, 0) is 73.4 Å². The number of aryl methyl sites for hydroxylation is 1. The van der Waals surface area contributed by atoms with Crippen LogP contribution in [0.1, 0.15) is 57.7 Å². The zero-order valence-corrected chi connectivity index (χ0v) is 39.5. The first kappa shape index (κ1) is 47.4. The fourth-order valence-electron chi connectivity index (χ4n) is 9.76. The SMILES string of the molecule is CCOc1cc([C@@H](CS(C)(=O)=O)N2C(=O)c3ccnc(N4CCN([C@@H]5CCN(CCc6ccc(Oc7ccc8c(N9CCC(=O)NC9=O)nn(C)c8c7)cc6)CC5(F)F)CC4)c3C2=O)ccc1OC. The minimum Gasteiger partial charge on any atom is -0.493 e. The molecule has 0 saturated carbocycles. The van der Waals surface area contributed by atoms with Crippen LogP contribution in [0.4, 0.5) is 25.2 Å². The molecule has 0 aliphatic carbocycles. The van der Waals surface area contributed by atoms with Gasteiger partial charge < -0.3 is 19.1 Å². The fraction of sp³-hybridized carbons (Fsp3) is 0.417. The lowest BCUT2D eigenvalue weighted by Crippen LogP contribution is -2.62. The number of rotatable bonds is 15. The number of amides is 5. The van der Waals surface area contributed by atoms with Crippen LogP contribution in [-0.4, -0.2) is 152 Å². The Hall–Kier alpha value is -6.71. The molecular weight excluding hydrogens is 917 g/mol. The van der Waals surface area contributed by atoms with Gasteiger partial charge in [-0.1, -0.05) is 18.2 Å². The van der Waals surface area contributed by atoms with Crippen LogP contribution in [0.5, 0.6) is 23.0 Å². The van der Waals surface area contributed by atoms with Crippen molar-refractivity contribution >= 4 is 56.1 Å². The number of nitrogens with one attached hydrogen (secondary N) is 1. The molecule has 364 valence electrons. The van der Waals surface area contributed by atoms with Crippen molar-refractivity contribution in [2.24, 2.45) is 7.05 Å². The van der Waals surface area contributed by atoms with E-state index in [4.69, 9.17) is 14.2 Å². The number of alkyl halides is 2. The van der Waals surface area contributed by atoms with Crippen LogP contribution in [0, 0.1) is 0 Å². The lowest BCUT2D eigenvalue weighted by atomic mass is 9.97. The number of likely N-dealkylation sites (tertiary alicyclic amines) is 1. The average Bonchev–Trinajstić information content (AvgIpc) is 3.78. The quantitative estimate of drug-likeness (QED) is 0.137. The van der Waals surface area contributed by atoms with E-state index < -0.39 is 51.4 Å². The zero-order valence-electron chi connectivity index (χ0n) is 38.7. The molecule has 5 aromatic rings. The van der Waals surface area contributed by atoms with Gasteiger partial charge in [0.1, 0.15) is 27.2 Å². The number of carbonyl (C=O) groups is 4. The van der Waals surface area contributed by atoms with Crippen molar-refractivity contribution < 1.29 is 50.6 Å². The van der Waals surface area contributed by atoms with Gasteiger partial charge in [-0.25, -0.2) is 27.0 Å². The van der Waals surface area contributed by atoms with Crippen LogP contribution < -0.4 is 29.3 Å². The van der Waals surface area contributed by atoms with Crippen molar-refractivity contribution in [2.45, 2.75) is 44.2 Å². The third kappa shape index (κ3) is 9.67. The summed E-state index contributed by atoms with van der Waals surface area (Å²) in [6, 6.07) is 16.5. The van der Waals surface area contributed by atoms with Crippen molar-refractivity contribution in [1.82, 2.24) is 34.8 Å². The molecule has 9 rings (SSSR count). The number of imide groups is 2. The summed E-state index contributed by atoms with van der Waals surface area (Å²) in [5, 5.41) is 7.58. The first-order valence-corrected chi connectivity index (χ1v) is 24.9. The number of hydrogen-bond donors (Lipinski definition) is 1. The van der Waals surface area contributed by atoms with Crippen LogP contribution in [0.25, 0.3) is 10.9 Å². The second kappa shape index (κ2) is 19.0. The number of sulfone groups is 1. The monoisotopic (exact) mass is 969 g/mol. The van der Waals surface area contributed by atoms with E-state index in [0.29, 0.717) is 60.5 Å². The molecule has 2 atom stereocenters. The maximum absolute atomic E-state index is 16.0. The average molecular weight is 970 g/mol. The summed E-state index contributed by atoms with van der Waals surface area (Å²) in [5.41, 5.74) is 2.23. The largest absolute Gasteiger partial charge is 0.493 e. The Labute approximate surface area is 397 Å². The first-order valence-electron chi connectivity index (χ1n) is 22.8. The Bertz CT molecular complexity index is 2930. The number of fused-ring (bicyclic) bond motifs is 2. The van der Waals surface area contributed by atoms with Crippen molar-refractivity contribution in [1.29, 1.82) is 0 Å². The molecule has 2 aromatic heterocycles. The molecule has 21 heteroatoms. The highest BCUT2D eigenvalue weighted by atomic mass is 32.2. The van der Waals surface area contributed by atoms with E-state index in [9.17, 15) is 27.6 Å². The lowest BCUT2D eigenvalue weighted by Gasteiger charge is -2.46. The van der Waals surface area contributed by atoms with Gasteiger partial charge >= 0.3 is 6.03 Å². The first-order chi connectivity index (χ1) is 33.0. The summed E-state index contributed by atoms with van der Waals surface area (Å²) < 4.78 is 76.4. The van der Waals surface area contributed by atoms with Crippen LogP contribution in [0.2, 0.25) is 0 Å². The second-order valence-corrected chi connectivity index (χ2v) is 19.9. The molecule has 5 amide bonds. The Balaban J connectivity index is 0.794. The number of nitrogens with zero attached hydrogens (tertiary/aromatic N) is 8. The van der Waals surface area contributed by atoms with Crippen molar-refractivity contribution in [3.8, 4) is 23.0 Å². The molecule has 4 aliphatic heterocycles. The number of carbonyl (C=O) groups excluding carboxylic acids is 4. The summed E-state index contributed by atoms with van der Waals surface area (Å²) >= 11 is 0. The summed E-state index contributed by atoms with van der Waals surface area (Å²) in [4.78, 5) is 64.8. The Morgan fingerprint density at radius 2 is 1.64 bits per heavy atom. The number of piperidine rings is 1. The molecule has 3 saturated heterocycles. The summed E-state index contributed by atoms with van der Waals surface area (Å²) in [6.07, 6.45) is 3.49. The van der Waals surface area contributed by atoms with E-state index in [0.717, 1.165) is 27.6 Å². The standard InChI is InChI=1S/C48H53F2N9O9S/c1-5-67-39-26-31(8-13-38(39)66-3)37(28-69(4,64)65)59-45(61)35-14-18-51-44(42(35)46(59)62)57-24-22-56(23-25-57)40-16-20-55(29-48(40,49)50)19-15-30-6-9-32(10-7-30)68-33-11-12-34-36(27-33)54(2)53-43(34)58-21-17-41(60)52-47(58)63/h6-14,18,26-27,37,40H,5,15-17,19-25,28-29H2,1-4H3,(H,52,60,63)/t37-,40-/m1/s1. The van der Waals surface area contributed by atoms with Gasteiger partial charge in [-0.15, -0.1) is 0 Å². The molecule has 4 aliphatic rings. The van der Waals surface area contributed by atoms with Crippen LogP contribution in [0.3, 0.4) is 0 Å². The number of piperazine rings is 1. The number of pyridine rings is 1. The van der Waals surface area contributed by atoms with Crippen LogP contribution in [-0.2, 0) is 28.1 Å². The highest BCUT2D eigenvalue weighted by Crippen LogP contribution is 2.40. The summed E-state index contributed by atoms with van der Waals surface area (Å²) in [5.74, 6) is -2.57.